The van der Waals surface area contributed by atoms with Gasteiger partial charge in [0.1, 0.15) is 5.38 Å². The Morgan fingerprint density at radius 1 is 1.41 bits per heavy atom. The fraction of sp³-hybridized carbons (Fsp3) is 0.917. The first kappa shape index (κ1) is 13.1. The number of ether oxygens (including phenoxy) is 1. The predicted molar refractivity (Wildman–Crippen MR) is 67.3 cm³/mol. The minimum Gasteiger partial charge on any atom is -0.380 e. The summed E-state index contributed by atoms with van der Waals surface area (Å²) in [5.74, 6) is -0.0469. The number of nitrogens with one attached hydrogen (secondary N) is 1. The zero-order valence-electron chi connectivity index (χ0n) is 10.3. The molecule has 0 spiro atoms. The Kier molecular flexibility index (Phi) is 4.65. The summed E-state index contributed by atoms with van der Waals surface area (Å²) in [5.41, 5.74) is 0. The second kappa shape index (κ2) is 6.03. The average Bonchev–Trinajstić information content (AvgIpc) is 2.83. The second-order valence-corrected chi connectivity index (χ2v) is 5.61. The maximum Gasteiger partial charge on any atom is 0.237 e. The van der Waals surface area contributed by atoms with Gasteiger partial charge >= 0.3 is 0 Å². The molecule has 0 aromatic heterocycles. The topological polar surface area (TPSA) is 41.6 Å². The molecular formula is C12H21ClN2O2. The van der Waals surface area contributed by atoms with Crippen LogP contribution in [0.2, 0.25) is 0 Å². The molecule has 2 rings (SSSR count). The molecular weight excluding hydrogens is 240 g/mol. The summed E-state index contributed by atoms with van der Waals surface area (Å²) in [5, 5.41) is 2.57. The standard InChI is InChI=1S/C12H21ClN2O2/c1-9(13)12(16)14-10-2-5-15(6-3-10)11-4-7-17-8-11/h9-11H,2-8H2,1H3,(H,14,16). The number of piperidine rings is 1. The number of carbonyl (C=O) groups is 1. The van der Waals surface area contributed by atoms with Crippen molar-refractivity contribution >= 4 is 17.5 Å². The first-order chi connectivity index (χ1) is 8.16. The van der Waals surface area contributed by atoms with Gasteiger partial charge in [0.05, 0.1) is 6.61 Å². The smallest absolute Gasteiger partial charge is 0.237 e. The molecule has 4 nitrogen and oxygen atoms in total. The molecule has 2 aliphatic rings. The van der Waals surface area contributed by atoms with Gasteiger partial charge in [0.25, 0.3) is 0 Å². The van der Waals surface area contributed by atoms with Crippen LogP contribution < -0.4 is 5.32 Å². The summed E-state index contributed by atoms with van der Waals surface area (Å²) in [6.45, 7) is 5.58. The third kappa shape index (κ3) is 3.57. The molecule has 2 aliphatic heterocycles. The quantitative estimate of drug-likeness (QED) is 0.770. The highest BCUT2D eigenvalue weighted by atomic mass is 35.5. The molecule has 2 unspecified atom stereocenters. The van der Waals surface area contributed by atoms with Crippen LogP contribution in [0.3, 0.4) is 0 Å². The van der Waals surface area contributed by atoms with Crippen LogP contribution in [0, 0.1) is 0 Å². The number of halogens is 1. The van der Waals surface area contributed by atoms with E-state index in [2.05, 4.69) is 10.2 Å². The maximum absolute atomic E-state index is 11.5. The van der Waals surface area contributed by atoms with E-state index in [0.29, 0.717) is 12.1 Å². The number of amides is 1. The van der Waals surface area contributed by atoms with Crippen molar-refractivity contribution in [3.63, 3.8) is 0 Å². The molecule has 0 aliphatic carbocycles. The van der Waals surface area contributed by atoms with Gasteiger partial charge in [-0.15, -0.1) is 11.6 Å². The Morgan fingerprint density at radius 3 is 2.65 bits per heavy atom. The molecule has 2 saturated heterocycles. The zero-order chi connectivity index (χ0) is 12.3. The van der Waals surface area contributed by atoms with Crippen LogP contribution in [-0.2, 0) is 9.53 Å². The predicted octanol–water partition coefficient (Wildman–Crippen LogP) is 0.983. The van der Waals surface area contributed by atoms with Crippen LogP contribution in [-0.4, -0.2) is 54.6 Å². The van der Waals surface area contributed by atoms with E-state index in [1.54, 1.807) is 6.92 Å². The molecule has 0 aromatic rings. The van der Waals surface area contributed by atoms with Crippen molar-refractivity contribution in [3.8, 4) is 0 Å². The Balaban J connectivity index is 1.72. The van der Waals surface area contributed by atoms with Crippen LogP contribution in [0.1, 0.15) is 26.2 Å². The van der Waals surface area contributed by atoms with Crippen molar-refractivity contribution in [2.45, 2.75) is 43.6 Å². The van der Waals surface area contributed by atoms with E-state index in [1.165, 1.54) is 0 Å². The molecule has 2 heterocycles. The van der Waals surface area contributed by atoms with Gasteiger partial charge in [0.2, 0.25) is 5.91 Å². The van der Waals surface area contributed by atoms with Crippen LogP contribution in [0.15, 0.2) is 0 Å². The average molecular weight is 261 g/mol. The number of rotatable bonds is 3. The van der Waals surface area contributed by atoms with Crippen molar-refractivity contribution < 1.29 is 9.53 Å². The van der Waals surface area contributed by atoms with Gasteiger partial charge < -0.3 is 10.1 Å². The van der Waals surface area contributed by atoms with Gasteiger partial charge in [-0.25, -0.2) is 0 Å². The lowest BCUT2D eigenvalue weighted by molar-refractivity contribution is -0.121. The fourth-order valence-electron chi connectivity index (χ4n) is 2.54. The SMILES string of the molecule is CC(Cl)C(=O)NC1CCN(C2CCOC2)CC1. The fourth-order valence-corrected chi connectivity index (χ4v) is 2.60. The third-order valence-corrected chi connectivity index (χ3v) is 3.86. The highest BCUT2D eigenvalue weighted by Crippen LogP contribution is 2.18. The lowest BCUT2D eigenvalue weighted by Gasteiger charge is -2.35. The largest absolute Gasteiger partial charge is 0.380 e. The molecule has 2 atom stereocenters. The van der Waals surface area contributed by atoms with Crippen molar-refractivity contribution in [2.24, 2.45) is 0 Å². The number of hydrogen-bond donors (Lipinski definition) is 1. The molecule has 1 N–H and O–H groups in total. The Labute approximate surface area is 108 Å². The second-order valence-electron chi connectivity index (χ2n) is 4.95. The maximum atomic E-state index is 11.5. The molecule has 0 aromatic carbocycles. The lowest BCUT2D eigenvalue weighted by atomic mass is 10.0. The van der Waals surface area contributed by atoms with E-state index < -0.39 is 5.38 Å². The molecule has 17 heavy (non-hydrogen) atoms. The van der Waals surface area contributed by atoms with Crippen molar-refractivity contribution in [1.29, 1.82) is 0 Å². The van der Waals surface area contributed by atoms with E-state index in [-0.39, 0.29) is 5.91 Å². The van der Waals surface area contributed by atoms with Gasteiger partial charge in [-0.1, -0.05) is 0 Å². The minimum atomic E-state index is -0.434. The van der Waals surface area contributed by atoms with Gasteiger partial charge in [-0.05, 0) is 26.2 Å². The Morgan fingerprint density at radius 2 is 2.12 bits per heavy atom. The number of carbonyl (C=O) groups excluding carboxylic acids is 1. The van der Waals surface area contributed by atoms with Gasteiger partial charge in [0.15, 0.2) is 0 Å². The monoisotopic (exact) mass is 260 g/mol. The molecule has 0 radical (unpaired) electrons. The van der Waals surface area contributed by atoms with Gasteiger partial charge in [0, 0.05) is 31.8 Å². The van der Waals surface area contributed by atoms with Crippen LogP contribution in [0.25, 0.3) is 0 Å². The van der Waals surface area contributed by atoms with Gasteiger partial charge in [-0.3, -0.25) is 9.69 Å². The minimum absolute atomic E-state index is 0.0469. The number of alkyl halides is 1. The van der Waals surface area contributed by atoms with Crippen LogP contribution >= 0.6 is 11.6 Å². The van der Waals surface area contributed by atoms with Crippen molar-refractivity contribution in [1.82, 2.24) is 10.2 Å². The van der Waals surface area contributed by atoms with Gasteiger partial charge in [-0.2, -0.15) is 0 Å². The summed E-state index contributed by atoms with van der Waals surface area (Å²) in [6.07, 6.45) is 3.19. The molecule has 0 bridgehead atoms. The van der Waals surface area contributed by atoms with Crippen LogP contribution in [0.4, 0.5) is 0 Å². The molecule has 0 saturated carbocycles. The summed E-state index contributed by atoms with van der Waals surface area (Å²) in [4.78, 5) is 14.0. The molecule has 5 heteroatoms. The number of hydrogen-bond acceptors (Lipinski definition) is 3. The normalized spacial score (nSPS) is 29.2. The molecule has 98 valence electrons. The van der Waals surface area contributed by atoms with E-state index in [4.69, 9.17) is 16.3 Å². The Bertz CT molecular complexity index is 259. The van der Waals surface area contributed by atoms with Crippen molar-refractivity contribution in [3.05, 3.63) is 0 Å². The molecule has 1 amide bonds. The third-order valence-electron chi connectivity index (χ3n) is 3.66. The Hall–Kier alpha value is -0.320. The first-order valence-corrected chi connectivity index (χ1v) is 6.86. The van der Waals surface area contributed by atoms with E-state index in [1.807, 2.05) is 0 Å². The van der Waals surface area contributed by atoms with Crippen molar-refractivity contribution in [2.75, 3.05) is 26.3 Å². The number of nitrogens with zero attached hydrogens (tertiary/aromatic N) is 1. The lowest BCUT2D eigenvalue weighted by Crippen LogP contribution is -2.49. The summed E-state index contributed by atoms with van der Waals surface area (Å²) in [7, 11) is 0. The summed E-state index contributed by atoms with van der Waals surface area (Å²) < 4.78 is 5.40. The molecule has 2 fully saturated rings. The zero-order valence-corrected chi connectivity index (χ0v) is 11.1. The summed E-state index contributed by atoms with van der Waals surface area (Å²) in [6, 6.07) is 0.890. The first-order valence-electron chi connectivity index (χ1n) is 6.43. The summed E-state index contributed by atoms with van der Waals surface area (Å²) >= 11 is 5.74. The number of likely N-dealkylation sites (tertiary alicyclic amines) is 1. The van der Waals surface area contributed by atoms with E-state index in [0.717, 1.165) is 45.6 Å². The van der Waals surface area contributed by atoms with E-state index >= 15 is 0 Å². The highest BCUT2D eigenvalue weighted by molar-refractivity contribution is 6.30. The highest BCUT2D eigenvalue weighted by Gasteiger charge is 2.28. The van der Waals surface area contributed by atoms with E-state index in [9.17, 15) is 4.79 Å². The van der Waals surface area contributed by atoms with Crippen LogP contribution in [0.5, 0.6) is 0 Å².